The van der Waals surface area contributed by atoms with E-state index in [1.54, 1.807) is 21.1 Å². The second-order valence-corrected chi connectivity index (χ2v) is 9.14. The molecule has 1 aromatic heterocycles. The van der Waals surface area contributed by atoms with E-state index in [1.807, 2.05) is 0 Å². The van der Waals surface area contributed by atoms with Gasteiger partial charge in [0, 0.05) is 56.5 Å². The zero-order chi connectivity index (χ0) is 27.4. The lowest BCUT2D eigenvalue weighted by atomic mass is 9.88. The molecule has 38 heavy (non-hydrogen) atoms. The van der Waals surface area contributed by atoms with Crippen molar-refractivity contribution in [1.82, 2.24) is 14.9 Å². The molecule has 206 valence electrons. The second kappa shape index (κ2) is 11.7. The number of methoxy groups -OCH3 is 1. The highest BCUT2D eigenvalue weighted by molar-refractivity contribution is 5.84. The third-order valence-electron chi connectivity index (χ3n) is 6.58. The van der Waals surface area contributed by atoms with Crippen LogP contribution in [0.15, 0.2) is 36.5 Å². The van der Waals surface area contributed by atoms with Gasteiger partial charge in [-0.05, 0) is 42.0 Å². The number of piperidine rings is 1. The molecule has 1 N–H and O–H groups in total. The molecule has 4 rings (SSSR count). The lowest BCUT2D eigenvalue weighted by molar-refractivity contribution is -0.180. The number of ether oxygens (including phenoxy) is 1. The Bertz CT molecular complexity index is 1290. The number of halogens is 6. The van der Waals surface area contributed by atoms with Crippen molar-refractivity contribution in [1.29, 1.82) is 0 Å². The summed E-state index contributed by atoms with van der Waals surface area (Å²) in [5.74, 6) is -4.08. The van der Waals surface area contributed by atoms with E-state index in [-0.39, 0.29) is 24.5 Å². The number of carbonyl (C=O) groups is 1. The van der Waals surface area contributed by atoms with Gasteiger partial charge in [-0.1, -0.05) is 12.1 Å². The molecule has 0 radical (unpaired) electrons. The van der Waals surface area contributed by atoms with E-state index in [0.29, 0.717) is 61.3 Å². The molecule has 0 atom stereocenters. The number of amides is 1. The van der Waals surface area contributed by atoms with Crippen molar-refractivity contribution >= 4 is 16.8 Å². The van der Waals surface area contributed by atoms with Gasteiger partial charge in [-0.2, -0.15) is 18.2 Å². The van der Waals surface area contributed by atoms with Crippen LogP contribution in [0, 0.1) is 17.5 Å². The largest absolute Gasteiger partial charge is 0.471 e. The normalized spacial score (nSPS) is 15.3. The molecular weight excluding hydrogens is 516 g/mol. The first-order valence-electron chi connectivity index (χ1n) is 12.0. The van der Waals surface area contributed by atoms with Crippen LogP contribution in [0.5, 0.6) is 0 Å². The average Bonchev–Trinajstić information content (AvgIpc) is 3.22. The Morgan fingerprint density at radius 2 is 1.82 bits per heavy atom. The van der Waals surface area contributed by atoms with E-state index >= 15 is 0 Å². The molecule has 2 heterocycles. The fourth-order valence-corrected chi connectivity index (χ4v) is 4.67. The highest BCUT2D eigenvalue weighted by Gasteiger charge is 2.38. The smallest absolute Gasteiger partial charge is 0.383 e. The third-order valence-corrected chi connectivity index (χ3v) is 6.58. The first-order chi connectivity index (χ1) is 18.1. The van der Waals surface area contributed by atoms with Crippen LogP contribution in [0.2, 0.25) is 0 Å². The molecule has 12 heteroatoms. The van der Waals surface area contributed by atoms with E-state index in [1.165, 1.54) is 31.4 Å². The maximum Gasteiger partial charge on any atom is 0.471 e. The van der Waals surface area contributed by atoms with Gasteiger partial charge in [-0.25, -0.2) is 13.2 Å². The Labute approximate surface area is 215 Å². The van der Waals surface area contributed by atoms with E-state index in [9.17, 15) is 31.1 Å². The molecule has 1 fully saturated rings. The summed E-state index contributed by atoms with van der Waals surface area (Å²) in [5.41, 5.74) is 1.68. The van der Waals surface area contributed by atoms with Gasteiger partial charge in [-0.3, -0.25) is 9.63 Å². The summed E-state index contributed by atoms with van der Waals surface area (Å²) in [6, 6.07) is 6.09. The summed E-state index contributed by atoms with van der Waals surface area (Å²) in [7, 11) is 1.54. The Morgan fingerprint density at radius 1 is 1.08 bits per heavy atom. The number of carbonyl (C=O) groups excluding carboxylic acids is 1. The monoisotopic (exact) mass is 543 g/mol. The highest BCUT2D eigenvalue weighted by atomic mass is 19.4. The van der Waals surface area contributed by atoms with Crippen molar-refractivity contribution in [2.75, 3.05) is 26.8 Å². The molecule has 0 unspecified atom stereocenters. The topological polar surface area (TPSA) is 55.7 Å². The molecule has 3 aromatic rings. The van der Waals surface area contributed by atoms with E-state index in [4.69, 9.17) is 9.57 Å². The van der Waals surface area contributed by atoms with Crippen molar-refractivity contribution < 1.29 is 40.7 Å². The predicted molar refractivity (Wildman–Crippen MR) is 126 cm³/mol. The predicted octanol–water partition coefficient (Wildman–Crippen LogP) is 5.19. The summed E-state index contributed by atoms with van der Waals surface area (Å²) >= 11 is 0. The number of nitrogens with one attached hydrogen (secondary N) is 1. The SMILES string of the molecule is COCCn1cc(CON2CCC(c3cc(CNC(=O)C(F)(F)F)ccc3F)CC2)c2c(F)cc(F)cc21. The second-order valence-electron chi connectivity index (χ2n) is 9.14. The van der Waals surface area contributed by atoms with Gasteiger partial charge in [-0.15, -0.1) is 0 Å². The van der Waals surface area contributed by atoms with Gasteiger partial charge in [0.15, 0.2) is 0 Å². The zero-order valence-electron chi connectivity index (χ0n) is 20.6. The molecule has 2 aromatic carbocycles. The van der Waals surface area contributed by atoms with E-state index < -0.39 is 29.5 Å². The van der Waals surface area contributed by atoms with Gasteiger partial charge in [0.25, 0.3) is 0 Å². The third kappa shape index (κ3) is 6.48. The van der Waals surface area contributed by atoms with Crippen LogP contribution in [-0.2, 0) is 34.1 Å². The first kappa shape index (κ1) is 27.9. The van der Waals surface area contributed by atoms with Crippen molar-refractivity contribution in [3.8, 4) is 0 Å². The number of hydrogen-bond donors (Lipinski definition) is 1. The Hall–Kier alpha value is -3.09. The number of rotatable bonds is 9. The van der Waals surface area contributed by atoms with Gasteiger partial charge >= 0.3 is 12.1 Å². The van der Waals surface area contributed by atoms with Crippen LogP contribution in [0.25, 0.3) is 10.9 Å². The molecule has 0 bridgehead atoms. The number of alkyl halides is 3. The zero-order valence-corrected chi connectivity index (χ0v) is 20.6. The van der Waals surface area contributed by atoms with Crippen molar-refractivity contribution in [2.45, 2.75) is 44.6 Å². The first-order valence-corrected chi connectivity index (χ1v) is 12.0. The number of fused-ring (bicyclic) bond motifs is 1. The van der Waals surface area contributed by atoms with Crippen LogP contribution in [0.4, 0.5) is 26.3 Å². The summed E-state index contributed by atoms with van der Waals surface area (Å²) < 4.78 is 87.0. The minimum absolute atomic E-state index is 0.0481. The molecule has 1 saturated heterocycles. The Kier molecular flexibility index (Phi) is 8.64. The van der Waals surface area contributed by atoms with Crippen LogP contribution in [-0.4, -0.2) is 48.5 Å². The number of aromatic nitrogens is 1. The number of nitrogens with zero attached hydrogens (tertiary/aromatic N) is 2. The molecule has 1 amide bonds. The van der Waals surface area contributed by atoms with Crippen LogP contribution >= 0.6 is 0 Å². The molecule has 1 aliphatic rings. The van der Waals surface area contributed by atoms with Crippen LogP contribution in [0.1, 0.15) is 35.4 Å². The van der Waals surface area contributed by atoms with Gasteiger partial charge < -0.3 is 14.6 Å². The quantitative estimate of drug-likeness (QED) is 0.378. The van der Waals surface area contributed by atoms with E-state index in [2.05, 4.69) is 0 Å². The highest BCUT2D eigenvalue weighted by Crippen LogP contribution is 2.32. The Balaban J connectivity index is 1.37. The lowest BCUT2D eigenvalue weighted by Crippen LogP contribution is -2.36. The van der Waals surface area contributed by atoms with Crippen molar-refractivity contribution in [2.24, 2.45) is 0 Å². The fourth-order valence-electron chi connectivity index (χ4n) is 4.67. The number of hydrogen-bond acceptors (Lipinski definition) is 4. The summed E-state index contributed by atoms with van der Waals surface area (Å²) in [6.07, 6.45) is -2.25. The molecule has 0 spiro atoms. The molecule has 0 aliphatic carbocycles. The number of hydroxylamine groups is 2. The molecule has 0 saturated carbocycles. The van der Waals surface area contributed by atoms with Crippen LogP contribution in [0.3, 0.4) is 0 Å². The maximum absolute atomic E-state index is 14.6. The standard InChI is InChI=1S/C26H27F6N3O3/c1-37-9-8-34-14-18(24-22(29)11-19(27)12-23(24)34)15-38-35-6-4-17(5-7-35)20-10-16(2-3-21(20)28)13-33-25(36)26(30,31)32/h2-3,10-12,14,17H,4-9,13,15H2,1H3,(H,33,36). The summed E-state index contributed by atoms with van der Waals surface area (Å²) in [4.78, 5) is 17.0. The van der Waals surface area contributed by atoms with Crippen molar-refractivity contribution in [3.63, 3.8) is 0 Å². The molecule has 1 aliphatic heterocycles. The maximum atomic E-state index is 14.6. The van der Waals surface area contributed by atoms with E-state index in [0.717, 1.165) is 6.07 Å². The molecule has 6 nitrogen and oxygen atoms in total. The van der Waals surface area contributed by atoms with Crippen molar-refractivity contribution in [3.05, 3.63) is 70.7 Å². The number of benzene rings is 2. The van der Waals surface area contributed by atoms with Gasteiger partial charge in [0.1, 0.15) is 17.5 Å². The minimum Gasteiger partial charge on any atom is -0.383 e. The minimum atomic E-state index is -4.99. The van der Waals surface area contributed by atoms with Gasteiger partial charge in [0.2, 0.25) is 0 Å². The Morgan fingerprint density at radius 3 is 2.50 bits per heavy atom. The lowest BCUT2D eigenvalue weighted by Gasteiger charge is -2.31. The van der Waals surface area contributed by atoms with Gasteiger partial charge in [0.05, 0.1) is 18.7 Å². The summed E-state index contributed by atoms with van der Waals surface area (Å²) in [6.45, 7) is 1.34. The molecular formula is C26H27F6N3O3. The fraction of sp³-hybridized carbons (Fsp3) is 0.423. The average molecular weight is 544 g/mol. The van der Waals surface area contributed by atoms with Crippen LogP contribution < -0.4 is 5.32 Å². The summed E-state index contributed by atoms with van der Waals surface area (Å²) in [5, 5.41) is 3.76.